The highest BCUT2D eigenvalue weighted by Gasteiger charge is 2.14. The second-order valence-electron chi connectivity index (χ2n) is 8.12. The molecule has 4 atom stereocenters. The molecule has 0 aromatic rings. The number of hydrogen-bond acceptors (Lipinski definition) is 7. The summed E-state index contributed by atoms with van der Waals surface area (Å²) in [7, 11) is 0. The molecule has 35 heavy (non-hydrogen) atoms. The van der Waals surface area contributed by atoms with Crippen molar-refractivity contribution in [2.24, 2.45) is 0 Å². The number of allylic oxidation sites excluding steroid dienone is 7. The van der Waals surface area contributed by atoms with E-state index in [0.29, 0.717) is 12.8 Å². The Morgan fingerprint density at radius 3 is 2.46 bits per heavy atom. The van der Waals surface area contributed by atoms with Gasteiger partial charge in [-0.15, -0.1) is 0 Å². The molecular weight excluding hydrogens is 452 g/mol. The van der Waals surface area contributed by atoms with Crippen LogP contribution in [0, 0.1) is 0 Å². The topological polar surface area (TPSA) is 130 Å². The molecule has 0 fully saturated rings. The van der Waals surface area contributed by atoms with Crippen molar-refractivity contribution < 1.29 is 39.2 Å². The monoisotopic (exact) mass is 488 g/mol. The van der Waals surface area contributed by atoms with Crippen molar-refractivity contribution in [3.63, 3.8) is 0 Å². The van der Waals surface area contributed by atoms with Crippen LogP contribution in [0.25, 0.3) is 0 Å². The molecule has 0 radical (unpaired) electrons. The predicted octanol–water partition coefficient (Wildman–Crippen LogP) is 3.72. The molecule has 1 heterocycles. The molecule has 1 aliphatic heterocycles. The van der Waals surface area contributed by atoms with E-state index in [0.717, 1.165) is 12.8 Å². The fourth-order valence-electron chi connectivity index (χ4n) is 3.07. The third kappa shape index (κ3) is 16.9. The van der Waals surface area contributed by atoms with Gasteiger partial charge in [-0.3, -0.25) is 9.59 Å². The van der Waals surface area contributed by atoms with Crippen LogP contribution in [0.3, 0.4) is 0 Å². The lowest BCUT2D eigenvalue weighted by molar-refractivity contribution is -0.153. The number of rotatable bonds is 3. The maximum atomic E-state index is 11.9. The summed E-state index contributed by atoms with van der Waals surface area (Å²) in [6, 6.07) is 0. The number of aliphatic hydroxyl groups excluding tert-OH is 2. The standard InChI is InChI=1S/C27H36O8/c1-21-13-7-3-2-4-8-14-22(28)19-23(29)15-9-5-10-16-24(35-27(33)20-25(30)31)17-11-6-12-18-26(32)34-21/h2,4-6,8-12,14,16,18,21-24,28-29H,3,7,13,15,17,19-20H2,1H3,(H,30,31)/b4-2+,9-5-,11-6+,14-8+,16-10+,18-12-/t21?,22-,23-,24+/m0/s1. The Labute approximate surface area is 206 Å². The van der Waals surface area contributed by atoms with Gasteiger partial charge in [0.15, 0.2) is 0 Å². The minimum Gasteiger partial charge on any atom is -0.481 e. The van der Waals surface area contributed by atoms with Crippen LogP contribution in [-0.4, -0.2) is 57.6 Å². The molecule has 0 aromatic carbocycles. The van der Waals surface area contributed by atoms with Gasteiger partial charge in [0.1, 0.15) is 12.5 Å². The van der Waals surface area contributed by atoms with Gasteiger partial charge in [0.05, 0.1) is 18.3 Å². The van der Waals surface area contributed by atoms with Crippen molar-refractivity contribution in [3.05, 3.63) is 72.9 Å². The predicted molar refractivity (Wildman–Crippen MR) is 132 cm³/mol. The van der Waals surface area contributed by atoms with E-state index in [9.17, 15) is 24.6 Å². The zero-order valence-corrected chi connectivity index (χ0v) is 20.1. The van der Waals surface area contributed by atoms with Crippen molar-refractivity contribution in [2.75, 3.05) is 0 Å². The van der Waals surface area contributed by atoms with E-state index in [1.54, 1.807) is 48.6 Å². The van der Waals surface area contributed by atoms with Crippen LogP contribution in [-0.2, 0) is 23.9 Å². The van der Waals surface area contributed by atoms with E-state index >= 15 is 0 Å². The van der Waals surface area contributed by atoms with Crippen molar-refractivity contribution in [2.45, 2.75) is 76.3 Å². The molecule has 1 rings (SSSR count). The summed E-state index contributed by atoms with van der Waals surface area (Å²) in [5.41, 5.74) is 0. The highest BCUT2D eigenvalue weighted by molar-refractivity contribution is 5.90. The minimum absolute atomic E-state index is 0.189. The molecule has 8 nitrogen and oxygen atoms in total. The van der Waals surface area contributed by atoms with Gasteiger partial charge in [0.2, 0.25) is 0 Å². The molecule has 0 amide bonds. The van der Waals surface area contributed by atoms with E-state index in [1.165, 1.54) is 12.2 Å². The quantitative estimate of drug-likeness (QED) is 0.405. The molecule has 1 aliphatic rings. The van der Waals surface area contributed by atoms with Crippen LogP contribution in [0.2, 0.25) is 0 Å². The number of esters is 2. The van der Waals surface area contributed by atoms with Gasteiger partial charge in [-0.1, -0.05) is 60.8 Å². The highest BCUT2D eigenvalue weighted by Crippen LogP contribution is 2.09. The largest absolute Gasteiger partial charge is 0.481 e. The molecule has 0 aromatic heterocycles. The Morgan fingerprint density at radius 1 is 1.00 bits per heavy atom. The first-order valence-corrected chi connectivity index (χ1v) is 11.7. The summed E-state index contributed by atoms with van der Waals surface area (Å²) in [5, 5.41) is 28.9. The smallest absolute Gasteiger partial charge is 0.331 e. The van der Waals surface area contributed by atoms with Crippen molar-refractivity contribution in [1.29, 1.82) is 0 Å². The van der Waals surface area contributed by atoms with Crippen molar-refractivity contribution >= 4 is 17.9 Å². The van der Waals surface area contributed by atoms with Gasteiger partial charge in [-0.05, 0) is 38.7 Å². The summed E-state index contributed by atoms with van der Waals surface area (Å²) in [6.07, 6.45) is 19.9. The maximum Gasteiger partial charge on any atom is 0.331 e. The average Bonchev–Trinajstić information content (AvgIpc) is 2.76. The molecule has 1 unspecified atom stereocenters. The fraction of sp³-hybridized carbons (Fsp3) is 0.444. The van der Waals surface area contributed by atoms with E-state index < -0.39 is 42.6 Å². The summed E-state index contributed by atoms with van der Waals surface area (Å²) < 4.78 is 10.5. The van der Waals surface area contributed by atoms with E-state index in [-0.39, 0.29) is 18.9 Å². The lowest BCUT2D eigenvalue weighted by Crippen LogP contribution is -2.18. The number of cyclic esters (lactones) is 1. The molecular formula is C27H36O8. The van der Waals surface area contributed by atoms with Crippen LogP contribution in [0.5, 0.6) is 0 Å². The second-order valence-corrected chi connectivity index (χ2v) is 8.12. The summed E-state index contributed by atoms with van der Waals surface area (Å²) in [6.45, 7) is 1.83. The number of ether oxygens (including phenoxy) is 2. The third-order valence-electron chi connectivity index (χ3n) is 4.80. The Morgan fingerprint density at radius 2 is 1.69 bits per heavy atom. The van der Waals surface area contributed by atoms with Crippen molar-refractivity contribution in [1.82, 2.24) is 0 Å². The third-order valence-corrected chi connectivity index (χ3v) is 4.80. The number of carboxylic acids is 1. The lowest BCUT2D eigenvalue weighted by atomic mass is 10.1. The molecule has 0 bridgehead atoms. The Bertz CT molecular complexity index is 834. The first kappa shape index (κ1) is 29.8. The summed E-state index contributed by atoms with van der Waals surface area (Å²) in [4.78, 5) is 34.4. The molecule has 0 saturated carbocycles. The first-order chi connectivity index (χ1) is 16.8. The number of aliphatic carboxylic acids is 1. The van der Waals surface area contributed by atoms with Gasteiger partial charge < -0.3 is 24.8 Å². The van der Waals surface area contributed by atoms with Crippen molar-refractivity contribution in [3.8, 4) is 0 Å². The van der Waals surface area contributed by atoms with Gasteiger partial charge in [0.25, 0.3) is 0 Å². The van der Waals surface area contributed by atoms with Crippen LogP contribution in [0.4, 0.5) is 0 Å². The normalized spacial score (nSPS) is 31.0. The van der Waals surface area contributed by atoms with E-state index in [2.05, 4.69) is 0 Å². The van der Waals surface area contributed by atoms with Gasteiger partial charge in [-0.25, -0.2) is 4.79 Å². The van der Waals surface area contributed by atoms with Crippen LogP contribution in [0.1, 0.15) is 51.9 Å². The van der Waals surface area contributed by atoms with Crippen LogP contribution < -0.4 is 0 Å². The number of carbonyl (C=O) groups excluding carboxylic acids is 2. The summed E-state index contributed by atoms with van der Waals surface area (Å²) in [5.74, 6) is -2.60. The SMILES string of the molecule is CC1CCC/C=C/C=C/[C@H](O)C[C@@H](O)C/C=C\C=C\[C@@H](OC(=O)CC(=O)O)C/C=C/C=C\C(=O)O1. The number of aliphatic hydroxyl groups is 2. The molecule has 192 valence electrons. The lowest BCUT2D eigenvalue weighted by Gasteiger charge is -2.12. The maximum absolute atomic E-state index is 11.9. The fourth-order valence-corrected chi connectivity index (χ4v) is 3.07. The molecule has 3 N–H and O–H groups in total. The second kappa shape index (κ2) is 18.1. The Hall–Kier alpha value is -3.23. The van der Waals surface area contributed by atoms with E-state index in [1.807, 2.05) is 19.1 Å². The van der Waals surface area contributed by atoms with Gasteiger partial charge in [0, 0.05) is 18.9 Å². The molecule has 8 heteroatoms. The zero-order chi connectivity index (χ0) is 25.9. The number of hydrogen-bond donors (Lipinski definition) is 3. The van der Waals surface area contributed by atoms with Crippen LogP contribution in [0.15, 0.2) is 72.9 Å². The van der Waals surface area contributed by atoms with E-state index in [4.69, 9.17) is 14.6 Å². The molecule has 0 saturated heterocycles. The Kier molecular flexibility index (Phi) is 15.4. The highest BCUT2D eigenvalue weighted by atomic mass is 16.5. The van der Waals surface area contributed by atoms with Gasteiger partial charge >= 0.3 is 17.9 Å². The summed E-state index contributed by atoms with van der Waals surface area (Å²) >= 11 is 0. The minimum atomic E-state index is -1.28. The first-order valence-electron chi connectivity index (χ1n) is 11.7. The van der Waals surface area contributed by atoms with Gasteiger partial charge in [-0.2, -0.15) is 0 Å². The number of carboxylic acid groups (broad SMARTS) is 1. The van der Waals surface area contributed by atoms with Crippen LogP contribution >= 0.6 is 0 Å². The molecule has 0 spiro atoms. The average molecular weight is 489 g/mol. The number of carbonyl (C=O) groups is 3. The molecule has 0 aliphatic carbocycles. The Balaban J connectivity index is 2.87. The zero-order valence-electron chi connectivity index (χ0n) is 20.1.